The molecule has 0 bridgehead atoms. The van der Waals surface area contributed by atoms with E-state index in [-0.39, 0.29) is 34.5 Å². The summed E-state index contributed by atoms with van der Waals surface area (Å²) in [6.45, 7) is 0. The van der Waals surface area contributed by atoms with Crippen LogP contribution in [0.15, 0.2) is 72.7 Å². The van der Waals surface area contributed by atoms with Crippen LogP contribution in [0.2, 0.25) is 0 Å². The van der Waals surface area contributed by atoms with Crippen LogP contribution in [0.5, 0.6) is 34.5 Å². The van der Waals surface area contributed by atoms with Gasteiger partial charge in [0.15, 0.2) is 23.0 Å². The number of rotatable bonds is 8. The van der Waals surface area contributed by atoms with Crippen LogP contribution in [0.1, 0.15) is 16.7 Å². The zero-order chi connectivity index (χ0) is 26.9. The molecule has 0 spiro atoms. The third-order valence-corrected chi connectivity index (χ3v) is 4.68. The molecule has 5 N–H and O–H groups in total. The van der Waals surface area contributed by atoms with Gasteiger partial charge in [0.2, 0.25) is 5.76 Å². The molecule has 3 rings (SSSR count). The molecule has 0 saturated carbocycles. The summed E-state index contributed by atoms with van der Waals surface area (Å²) in [5, 5.41) is 48.0. The topological polar surface area (TPSA) is 163 Å². The van der Waals surface area contributed by atoms with Crippen molar-refractivity contribution in [2.24, 2.45) is 0 Å². The summed E-state index contributed by atoms with van der Waals surface area (Å²) in [5.74, 6) is -3.34. The number of ether oxygens (including phenoxy) is 3. The first-order valence-electron chi connectivity index (χ1n) is 10.6. The molecule has 10 heteroatoms. The monoisotopic (exact) mass is 506 g/mol. The fourth-order valence-corrected chi connectivity index (χ4v) is 2.93. The molecule has 37 heavy (non-hydrogen) atoms. The molecule has 190 valence electrons. The zero-order valence-corrected chi connectivity index (χ0v) is 19.4. The normalized spacial score (nSPS) is 11.5. The van der Waals surface area contributed by atoms with Crippen molar-refractivity contribution in [3.63, 3.8) is 0 Å². The fourth-order valence-electron chi connectivity index (χ4n) is 2.93. The lowest BCUT2D eigenvalue weighted by Crippen LogP contribution is -2.10. The van der Waals surface area contributed by atoms with E-state index in [2.05, 4.69) is 0 Å². The Morgan fingerprint density at radius 1 is 0.730 bits per heavy atom. The van der Waals surface area contributed by atoms with Crippen LogP contribution in [0, 0.1) is 0 Å². The summed E-state index contributed by atoms with van der Waals surface area (Å²) >= 11 is 0. The highest BCUT2D eigenvalue weighted by atomic mass is 16.6. The molecule has 0 unspecified atom stereocenters. The molecule has 3 aromatic carbocycles. The summed E-state index contributed by atoms with van der Waals surface area (Å²) < 4.78 is 15.3. The van der Waals surface area contributed by atoms with Gasteiger partial charge in [-0.15, -0.1) is 0 Å². The van der Waals surface area contributed by atoms with Crippen molar-refractivity contribution in [2.75, 3.05) is 7.11 Å². The van der Waals surface area contributed by atoms with Crippen LogP contribution in [-0.4, -0.2) is 44.6 Å². The van der Waals surface area contributed by atoms with Gasteiger partial charge in [-0.2, -0.15) is 0 Å². The lowest BCUT2D eigenvalue weighted by molar-refractivity contribution is -0.138. The van der Waals surface area contributed by atoms with Crippen molar-refractivity contribution >= 4 is 30.2 Å². The van der Waals surface area contributed by atoms with E-state index in [9.17, 15) is 35.1 Å². The van der Waals surface area contributed by atoms with Gasteiger partial charge in [-0.1, -0.05) is 12.1 Å². The molecule has 0 aliphatic carbocycles. The molecule has 0 aliphatic heterocycles. The SMILES string of the molecule is COC(=O)C(=Cc1ccc(O)c(O)c1)Oc1cc(O)cc(C=COC(=O)C=Cc2ccc(O)c(O)c2)c1. The lowest BCUT2D eigenvalue weighted by Gasteiger charge is -2.10. The second kappa shape index (κ2) is 11.8. The smallest absolute Gasteiger partial charge is 0.373 e. The standard InChI is InChI=1S/C27H22O10/c1-35-27(34)25(14-17-3-6-22(30)24(32)13-17)37-20-11-18(10-19(28)15-20)8-9-36-26(33)7-4-16-2-5-21(29)23(31)12-16/h2-15,28-32H,1H3. The molecule has 0 atom stereocenters. The van der Waals surface area contributed by atoms with Gasteiger partial charge in [0.05, 0.1) is 13.4 Å². The molecule has 0 saturated heterocycles. The molecule has 10 nitrogen and oxygen atoms in total. The summed E-state index contributed by atoms with van der Waals surface area (Å²) in [4.78, 5) is 24.1. The van der Waals surface area contributed by atoms with Crippen molar-refractivity contribution in [2.45, 2.75) is 0 Å². The molecule has 0 fully saturated rings. The molecule has 0 amide bonds. The number of hydrogen-bond acceptors (Lipinski definition) is 10. The molecule has 0 heterocycles. The number of carbonyl (C=O) groups is 2. The van der Waals surface area contributed by atoms with Crippen LogP contribution in [-0.2, 0) is 19.1 Å². The van der Waals surface area contributed by atoms with E-state index < -0.39 is 17.7 Å². The Bertz CT molecular complexity index is 1400. The summed E-state index contributed by atoms with van der Waals surface area (Å²) in [5.41, 5.74) is 1.16. The molecule has 0 aromatic heterocycles. The maximum Gasteiger partial charge on any atom is 0.373 e. The minimum atomic E-state index is -0.837. The Morgan fingerprint density at radius 2 is 1.38 bits per heavy atom. The Morgan fingerprint density at radius 3 is 2.03 bits per heavy atom. The number of benzene rings is 3. The van der Waals surface area contributed by atoms with Gasteiger partial charge in [0.1, 0.15) is 11.5 Å². The van der Waals surface area contributed by atoms with Gasteiger partial charge < -0.3 is 39.7 Å². The summed E-state index contributed by atoms with van der Waals surface area (Å²) in [6.07, 6.45) is 6.21. The van der Waals surface area contributed by atoms with E-state index in [1.54, 1.807) is 0 Å². The highest BCUT2D eigenvalue weighted by Gasteiger charge is 2.14. The third kappa shape index (κ3) is 7.55. The molecule has 0 radical (unpaired) electrons. The fraction of sp³-hybridized carbons (Fsp3) is 0.0370. The van der Waals surface area contributed by atoms with Crippen molar-refractivity contribution in [1.82, 2.24) is 0 Å². The minimum Gasteiger partial charge on any atom is -0.508 e. The van der Waals surface area contributed by atoms with Gasteiger partial charge in [0, 0.05) is 12.1 Å². The number of carbonyl (C=O) groups excluding carboxylic acids is 2. The van der Waals surface area contributed by atoms with Gasteiger partial charge in [0.25, 0.3) is 0 Å². The van der Waals surface area contributed by atoms with Gasteiger partial charge >= 0.3 is 11.9 Å². The quantitative estimate of drug-likeness (QED) is 0.130. The maximum atomic E-state index is 12.2. The van der Waals surface area contributed by atoms with Gasteiger partial charge in [-0.3, -0.25) is 0 Å². The Balaban J connectivity index is 1.72. The first kappa shape index (κ1) is 26.2. The van der Waals surface area contributed by atoms with E-state index >= 15 is 0 Å². The molecule has 0 aliphatic rings. The number of phenols is 5. The number of hydrogen-bond donors (Lipinski definition) is 5. The Kier molecular flexibility index (Phi) is 8.40. The van der Waals surface area contributed by atoms with Crippen LogP contribution < -0.4 is 4.74 Å². The van der Waals surface area contributed by atoms with Crippen LogP contribution in [0.25, 0.3) is 18.2 Å². The number of methoxy groups -OCH3 is 1. The van der Waals surface area contributed by atoms with Crippen molar-refractivity contribution in [1.29, 1.82) is 0 Å². The Hall–Kier alpha value is -5.38. The lowest BCUT2D eigenvalue weighted by atomic mass is 10.1. The largest absolute Gasteiger partial charge is 0.508 e. The average Bonchev–Trinajstić information content (AvgIpc) is 2.85. The number of aromatic hydroxyl groups is 5. The second-order valence-corrected chi connectivity index (χ2v) is 7.43. The van der Waals surface area contributed by atoms with E-state index in [4.69, 9.17) is 14.2 Å². The van der Waals surface area contributed by atoms with Crippen molar-refractivity contribution in [3.05, 3.63) is 89.4 Å². The van der Waals surface area contributed by atoms with Crippen LogP contribution in [0.3, 0.4) is 0 Å². The third-order valence-electron chi connectivity index (χ3n) is 4.68. The Labute approximate surface area is 210 Å². The molecule has 3 aromatic rings. The average molecular weight is 506 g/mol. The summed E-state index contributed by atoms with van der Waals surface area (Å²) in [6, 6.07) is 12.0. The first-order chi connectivity index (χ1) is 17.6. The van der Waals surface area contributed by atoms with Gasteiger partial charge in [-0.25, -0.2) is 9.59 Å². The molecular weight excluding hydrogens is 484 g/mol. The zero-order valence-electron chi connectivity index (χ0n) is 19.4. The molecular formula is C27H22O10. The van der Waals surface area contributed by atoms with E-state index in [0.717, 1.165) is 19.4 Å². The number of phenolic OH excluding ortho intramolecular Hbond substituents is 5. The van der Waals surface area contributed by atoms with Crippen molar-refractivity contribution in [3.8, 4) is 34.5 Å². The second-order valence-electron chi connectivity index (χ2n) is 7.43. The number of esters is 2. The van der Waals surface area contributed by atoms with Gasteiger partial charge in [-0.05, 0) is 71.3 Å². The minimum absolute atomic E-state index is 0.0534. The highest BCUT2D eigenvalue weighted by molar-refractivity contribution is 5.92. The highest BCUT2D eigenvalue weighted by Crippen LogP contribution is 2.28. The van der Waals surface area contributed by atoms with E-state index in [1.165, 1.54) is 72.8 Å². The maximum absolute atomic E-state index is 12.2. The van der Waals surface area contributed by atoms with Crippen LogP contribution >= 0.6 is 0 Å². The van der Waals surface area contributed by atoms with E-state index in [1.807, 2.05) is 0 Å². The summed E-state index contributed by atoms with van der Waals surface area (Å²) in [7, 11) is 1.15. The predicted molar refractivity (Wildman–Crippen MR) is 132 cm³/mol. The van der Waals surface area contributed by atoms with E-state index in [0.29, 0.717) is 16.7 Å². The van der Waals surface area contributed by atoms with Crippen LogP contribution in [0.4, 0.5) is 0 Å². The van der Waals surface area contributed by atoms with Crippen molar-refractivity contribution < 1.29 is 49.3 Å². The first-order valence-corrected chi connectivity index (χ1v) is 10.6. The predicted octanol–water partition coefficient (Wildman–Crippen LogP) is 4.03.